The Kier molecular flexibility index (Phi) is 5.85. The van der Waals surface area contributed by atoms with Crippen LogP contribution in [0.15, 0.2) is 48.5 Å². The molecular formula is C24H30O2. The van der Waals surface area contributed by atoms with Gasteiger partial charge in [0.1, 0.15) is 6.29 Å². The molecule has 2 rings (SSSR count). The second-order valence-electron chi connectivity index (χ2n) is 9.07. The van der Waals surface area contributed by atoms with Crippen molar-refractivity contribution in [2.24, 2.45) is 0 Å². The highest BCUT2D eigenvalue weighted by Gasteiger charge is 2.19. The van der Waals surface area contributed by atoms with Crippen molar-refractivity contribution < 1.29 is 9.59 Å². The molecule has 0 saturated heterocycles. The van der Waals surface area contributed by atoms with Crippen LogP contribution in [0.1, 0.15) is 80.9 Å². The molecule has 0 aromatic heterocycles. The van der Waals surface area contributed by atoms with E-state index in [-0.39, 0.29) is 23.0 Å². The van der Waals surface area contributed by atoms with Gasteiger partial charge in [0, 0.05) is 17.9 Å². The van der Waals surface area contributed by atoms with Crippen LogP contribution in [-0.4, -0.2) is 12.1 Å². The molecule has 138 valence electrons. The van der Waals surface area contributed by atoms with Crippen LogP contribution < -0.4 is 0 Å². The first-order chi connectivity index (χ1) is 12.0. The normalized spacial score (nSPS) is 13.3. The van der Waals surface area contributed by atoms with Crippen molar-refractivity contribution in [1.29, 1.82) is 0 Å². The molecular weight excluding hydrogens is 320 g/mol. The van der Waals surface area contributed by atoms with Gasteiger partial charge in [-0.25, -0.2) is 0 Å². The first kappa shape index (κ1) is 20.1. The van der Waals surface area contributed by atoms with E-state index in [1.54, 1.807) is 0 Å². The zero-order valence-electron chi connectivity index (χ0n) is 16.8. The fraction of sp³-hybridized carbons (Fsp3) is 0.417. The third-order valence-corrected chi connectivity index (χ3v) is 4.85. The van der Waals surface area contributed by atoms with E-state index < -0.39 is 5.92 Å². The number of Topliss-reactive ketones (excluding diaryl/α,β-unsaturated/α-hetero) is 1. The summed E-state index contributed by atoms with van der Waals surface area (Å²) in [6.45, 7) is 12.9. The van der Waals surface area contributed by atoms with Gasteiger partial charge in [-0.2, -0.15) is 0 Å². The Morgan fingerprint density at radius 2 is 1.23 bits per heavy atom. The van der Waals surface area contributed by atoms with Crippen molar-refractivity contribution in [1.82, 2.24) is 0 Å². The number of aldehydes is 1. The van der Waals surface area contributed by atoms with Gasteiger partial charge in [0.15, 0.2) is 5.78 Å². The average Bonchev–Trinajstić information content (AvgIpc) is 2.58. The minimum Gasteiger partial charge on any atom is -0.303 e. The quantitative estimate of drug-likeness (QED) is 0.501. The molecule has 2 aromatic rings. The van der Waals surface area contributed by atoms with Gasteiger partial charge in [0.25, 0.3) is 0 Å². The lowest BCUT2D eigenvalue weighted by Gasteiger charge is -2.20. The number of ketones is 1. The van der Waals surface area contributed by atoms with Crippen molar-refractivity contribution in [3.8, 4) is 0 Å². The maximum absolute atomic E-state index is 12.6. The van der Waals surface area contributed by atoms with Gasteiger partial charge in [-0.3, -0.25) is 4.79 Å². The van der Waals surface area contributed by atoms with Crippen LogP contribution in [0.2, 0.25) is 0 Å². The fourth-order valence-corrected chi connectivity index (χ4v) is 2.95. The molecule has 0 N–H and O–H groups in total. The Morgan fingerprint density at radius 3 is 1.62 bits per heavy atom. The monoisotopic (exact) mass is 350 g/mol. The predicted molar refractivity (Wildman–Crippen MR) is 108 cm³/mol. The van der Waals surface area contributed by atoms with E-state index in [1.165, 1.54) is 11.1 Å². The molecule has 0 radical (unpaired) electrons. The van der Waals surface area contributed by atoms with Crippen molar-refractivity contribution in [2.75, 3.05) is 0 Å². The lowest BCUT2D eigenvalue weighted by atomic mass is 9.84. The predicted octanol–water partition coefficient (Wildman–Crippen LogP) is 5.84. The molecule has 1 atom stereocenters. The summed E-state index contributed by atoms with van der Waals surface area (Å²) in [5.41, 5.74) is 4.10. The van der Waals surface area contributed by atoms with Crippen molar-refractivity contribution in [3.05, 3.63) is 70.8 Å². The van der Waals surface area contributed by atoms with Crippen LogP contribution in [0.5, 0.6) is 0 Å². The topological polar surface area (TPSA) is 34.1 Å². The number of benzene rings is 2. The standard InChI is InChI=1S/C24H30O2/c1-23(2,3)20-11-7-17(8-12-20)19(16-25)15-22(26)18-9-13-21(14-10-18)24(4,5)6/h7-14,16,19H,15H2,1-6H3. The highest BCUT2D eigenvalue weighted by atomic mass is 16.1. The molecule has 0 aliphatic heterocycles. The molecule has 0 aliphatic rings. The largest absolute Gasteiger partial charge is 0.303 e. The van der Waals surface area contributed by atoms with E-state index in [9.17, 15) is 9.59 Å². The van der Waals surface area contributed by atoms with Gasteiger partial charge in [-0.05, 0) is 27.5 Å². The zero-order chi connectivity index (χ0) is 19.5. The molecule has 0 bridgehead atoms. The second kappa shape index (κ2) is 7.57. The molecule has 2 aromatic carbocycles. The summed E-state index contributed by atoms with van der Waals surface area (Å²) in [6.07, 6.45) is 1.08. The Hall–Kier alpha value is -2.22. The van der Waals surface area contributed by atoms with E-state index in [0.29, 0.717) is 5.56 Å². The van der Waals surface area contributed by atoms with Gasteiger partial charge >= 0.3 is 0 Å². The summed E-state index contributed by atoms with van der Waals surface area (Å²) >= 11 is 0. The third kappa shape index (κ3) is 4.91. The number of carbonyl (C=O) groups is 2. The molecule has 1 unspecified atom stereocenters. The molecule has 0 fully saturated rings. The molecule has 2 nitrogen and oxygen atoms in total. The summed E-state index contributed by atoms with van der Waals surface area (Å²) in [4.78, 5) is 24.2. The first-order valence-electron chi connectivity index (χ1n) is 9.22. The Bertz CT molecular complexity index is 754. The van der Waals surface area contributed by atoms with Gasteiger partial charge in [-0.15, -0.1) is 0 Å². The third-order valence-electron chi connectivity index (χ3n) is 4.85. The van der Waals surface area contributed by atoms with E-state index in [4.69, 9.17) is 0 Å². The Morgan fingerprint density at radius 1 is 0.808 bits per heavy atom. The van der Waals surface area contributed by atoms with Crippen LogP contribution in [0, 0.1) is 0 Å². The molecule has 0 aliphatic carbocycles. The highest BCUT2D eigenvalue weighted by molar-refractivity contribution is 5.98. The SMILES string of the molecule is CC(C)(C)c1ccc(C(=O)CC(C=O)c2ccc(C(C)(C)C)cc2)cc1. The number of carbonyl (C=O) groups excluding carboxylic acids is 2. The Labute approximate surface area is 157 Å². The second-order valence-corrected chi connectivity index (χ2v) is 9.07. The summed E-state index contributed by atoms with van der Waals surface area (Å²) in [7, 11) is 0. The molecule has 0 amide bonds. The van der Waals surface area contributed by atoms with E-state index in [1.807, 2.05) is 36.4 Å². The molecule has 2 heteroatoms. The first-order valence-corrected chi connectivity index (χ1v) is 9.22. The van der Waals surface area contributed by atoms with Crippen LogP contribution >= 0.6 is 0 Å². The smallest absolute Gasteiger partial charge is 0.163 e. The van der Waals surface area contributed by atoms with Crippen molar-refractivity contribution in [2.45, 2.75) is 64.7 Å². The maximum Gasteiger partial charge on any atom is 0.163 e. The van der Waals surface area contributed by atoms with Crippen LogP contribution in [0.3, 0.4) is 0 Å². The minimum absolute atomic E-state index is 0.00228. The summed E-state index contributed by atoms with van der Waals surface area (Å²) in [5, 5.41) is 0. The Balaban J connectivity index is 2.14. The van der Waals surface area contributed by atoms with Gasteiger partial charge in [0.05, 0.1) is 0 Å². The fourth-order valence-electron chi connectivity index (χ4n) is 2.95. The average molecular weight is 351 g/mol. The van der Waals surface area contributed by atoms with E-state index >= 15 is 0 Å². The van der Waals surface area contributed by atoms with Crippen molar-refractivity contribution in [3.63, 3.8) is 0 Å². The summed E-state index contributed by atoms with van der Waals surface area (Å²) < 4.78 is 0. The number of rotatable bonds is 5. The highest BCUT2D eigenvalue weighted by Crippen LogP contribution is 2.27. The van der Waals surface area contributed by atoms with Gasteiger partial charge < -0.3 is 4.79 Å². The minimum atomic E-state index is -0.404. The lowest BCUT2D eigenvalue weighted by molar-refractivity contribution is -0.109. The lowest BCUT2D eigenvalue weighted by Crippen LogP contribution is -2.13. The zero-order valence-corrected chi connectivity index (χ0v) is 16.8. The maximum atomic E-state index is 12.6. The molecule has 0 spiro atoms. The summed E-state index contributed by atoms with van der Waals surface area (Å²) in [6, 6.07) is 15.8. The van der Waals surface area contributed by atoms with E-state index in [2.05, 4.69) is 53.7 Å². The molecule has 0 saturated carbocycles. The molecule has 0 heterocycles. The van der Waals surface area contributed by atoms with E-state index in [0.717, 1.165) is 11.8 Å². The van der Waals surface area contributed by atoms with Crippen LogP contribution in [0.4, 0.5) is 0 Å². The van der Waals surface area contributed by atoms with Crippen molar-refractivity contribution >= 4 is 12.1 Å². The van der Waals surface area contributed by atoms with Gasteiger partial charge in [-0.1, -0.05) is 90.1 Å². The van der Waals surface area contributed by atoms with Crippen LogP contribution in [-0.2, 0) is 15.6 Å². The van der Waals surface area contributed by atoms with Gasteiger partial charge in [0.2, 0.25) is 0 Å². The molecule has 26 heavy (non-hydrogen) atoms. The summed E-state index contributed by atoms with van der Waals surface area (Å²) in [5.74, 6) is -0.402. The number of hydrogen-bond acceptors (Lipinski definition) is 2. The van der Waals surface area contributed by atoms with Crippen LogP contribution in [0.25, 0.3) is 0 Å². The number of hydrogen-bond donors (Lipinski definition) is 0.